The third-order valence-corrected chi connectivity index (χ3v) is 4.32. The first kappa shape index (κ1) is 20.9. The van der Waals surface area contributed by atoms with Crippen LogP contribution in [0.5, 0.6) is 0 Å². The van der Waals surface area contributed by atoms with Gasteiger partial charge in [-0.3, -0.25) is 10.1 Å². The minimum Gasteiger partial charge on any atom is -0.456 e. The number of nitro benzene ring substituents is 1. The quantitative estimate of drug-likeness (QED) is 0.227. The van der Waals surface area contributed by atoms with Crippen molar-refractivity contribution in [3.63, 3.8) is 0 Å². The van der Waals surface area contributed by atoms with E-state index in [9.17, 15) is 20.2 Å². The van der Waals surface area contributed by atoms with Crippen molar-refractivity contribution < 1.29 is 19.2 Å². The van der Waals surface area contributed by atoms with E-state index in [-0.39, 0.29) is 23.4 Å². The normalized spacial score (nSPS) is 11.1. The lowest BCUT2D eigenvalue weighted by Crippen LogP contribution is -2.08. The minimum atomic E-state index is -0.831. The van der Waals surface area contributed by atoms with Crippen LogP contribution in [-0.2, 0) is 27.4 Å². The van der Waals surface area contributed by atoms with Gasteiger partial charge in [-0.2, -0.15) is 5.26 Å². The van der Waals surface area contributed by atoms with E-state index < -0.39 is 10.9 Å². The molecule has 8 heteroatoms. The molecule has 0 N–H and O–H groups in total. The minimum absolute atomic E-state index is 0.139. The zero-order chi connectivity index (χ0) is 20.7. The molecule has 2 rings (SSSR count). The van der Waals surface area contributed by atoms with Crippen LogP contribution < -0.4 is 0 Å². The number of ether oxygens (including phenoxy) is 2. The number of carbonyl (C=O) groups is 1. The molecule has 2 aromatic rings. The number of nitro groups is 1. The van der Waals surface area contributed by atoms with Crippen LogP contribution in [0.25, 0.3) is 6.08 Å². The van der Waals surface area contributed by atoms with E-state index in [1.165, 1.54) is 24.3 Å². The molecule has 0 saturated heterocycles. The molecule has 0 aliphatic heterocycles. The van der Waals surface area contributed by atoms with Crippen molar-refractivity contribution in [1.82, 2.24) is 4.57 Å². The van der Waals surface area contributed by atoms with Crippen LogP contribution in [-0.4, -0.2) is 29.2 Å². The van der Waals surface area contributed by atoms with Gasteiger partial charge in [0.1, 0.15) is 18.2 Å². The molecule has 0 saturated carbocycles. The zero-order valence-electron chi connectivity index (χ0n) is 16.0. The maximum absolute atomic E-state index is 12.3. The summed E-state index contributed by atoms with van der Waals surface area (Å²) >= 11 is 0. The fourth-order valence-corrected chi connectivity index (χ4v) is 2.82. The van der Waals surface area contributed by atoms with E-state index in [2.05, 4.69) is 0 Å². The number of methoxy groups -OCH3 is 1. The van der Waals surface area contributed by atoms with Gasteiger partial charge in [0.15, 0.2) is 0 Å². The molecule has 0 bridgehead atoms. The number of nitriles is 1. The predicted octanol–water partition coefficient (Wildman–Crippen LogP) is 3.31. The summed E-state index contributed by atoms with van der Waals surface area (Å²) in [5.41, 5.74) is 2.55. The second-order valence-electron chi connectivity index (χ2n) is 6.10. The van der Waals surface area contributed by atoms with Gasteiger partial charge in [0.25, 0.3) is 5.69 Å². The Morgan fingerprint density at radius 3 is 2.71 bits per heavy atom. The van der Waals surface area contributed by atoms with Crippen LogP contribution in [0.15, 0.2) is 35.9 Å². The van der Waals surface area contributed by atoms with Crippen LogP contribution in [0.1, 0.15) is 22.5 Å². The van der Waals surface area contributed by atoms with Crippen molar-refractivity contribution in [2.45, 2.75) is 27.0 Å². The number of hydrogen-bond donors (Lipinski definition) is 0. The average molecular weight is 383 g/mol. The molecule has 0 atom stereocenters. The summed E-state index contributed by atoms with van der Waals surface area (Å²) < 4.78 is 12.3. The Hall–Kier alpha value is -3.44. The molecule has 0 amide bonds. The third-order valence-electron chi connectivity index (χ3n) is 4.32. The lowest BCUT2D eigenvalue weighted by atomic mass is 10.1. The van der Waals surface area contributed by atoms with Gasteiger partial charge in [0, 0.05) is 31.1 Å². The van der Waals surface area contributed by atoms with Crippen LogP contribution >= 0.6 is 0 Å². The number of nitrogens with zero attached hydrogens (tertiary/aromatic N) is 3. The number of esters is 1. The Labute approximate surface area is 162 Å². The van der Waals surface area contributed by atoms with Crippen molar-refractivity contribution >= 4 is 17.7 Å². The molecule has 0 fully saturated rings. The lowest BCUT2D eigenvalue weighted by Gasteiger charge is -2.08. The van der Waals surface area contributed by atoms with Gasteiger partial charge < -0.3 is 14.0 Å². The number of hydrogen-bond acceptors (Lipinski definition) is 6. The standard InChI is InChI=1S/C20H21N3O5/c1-14-10-17(15(2)22(14)8-9-27-3)11-18(12-21)20(24)28-13-16-6-4-5-7-19(16)23(25)26/h4-7,10-11H,8-9,13H2,1-3H3/b18-11+. The predicted molar refractivity (Wildman–Crippen MR) is 102 cm³/mol. The van der Waals surface area contributed by atoms with Crippen LogP contribution in [0.2, 0.25) is 0 Å². The number of rotatable bonds is 8. The van der Waals surface area contributed by atoms with Crippen molar-refractivity contribution in [3.8, 4) is 6.07 Å². The highest BCUT2D eigenvalue weighted by Gasteiger charge is 2.17. The Morgan fingerprint density at radius 1 is 1.36 bits per heavy atom. The van der Waals surface area contributed by atoms with Crippen molar-refractivity contribution in [2.24, 2.45) is 0 Å². The van der Waals surface area contributed by atoms with Gasteiger partial charge in [-0.1, -0.05) is 12.1 Å². The maximum Gasteiger partial charge on any atom is 0.349 e. The van der Waals surface area contributed by atoms with Gasteiger partial charge in [-0.25, -0.2) is 4.79 Å². The van der Waals surface area contributed by atoms with E-state index in [1.54, 1.807) is 13.2 Å². The van der Waals surface area contributed by atoms with E-state index >= 15 is 0 Å². The molecule has 0 spiro atoms. The Kier molecular flexibility index (Phi) is 7.07. The Balaban J connectivity index is 2.18. The highest BCUT2D eigenvalue weighted by Crippen LogP contribution is 2.21. The molecule has 1 aromatic carbocycles. The SMILES string of the molecule is COCCn1c(C)cc(/C=C(\C#N)C(=O)OCc2ccccc2[N+](=O)[O-])c1C. The smallest absolute Gasteiger partial charge is 0.349 e. The molecule has 0 aliphatic rings. The summed E-state index contributed by atoms with van der Waals surface area (Å²) in [7, 11) is 1.62. The average Bonchev–Trinajstić information content (AvgIpc) is 2.95. The topological polar surface area (TPSA) is 107 Å². The fourth-order valence-electron chi connectivity index (χ4n) is 2.82. The summed E-state index contributed by atoms with van der Waals surface area (Å²) in [5.74, 6) is -0.831. The van der Waals surface area contributed by atoms with Crippen molar-refractivity contribution in [2.75, 3.05) is 13.7 Å². The summed E-state index contributed by atoms with van der Waals surface area (Å²) in [6, 6.07) is 9.70. The molecule has 28 heavy (non-hydrogen) atoms. The lowest BCUT2D eigenvalue weighted by molar-refractivity contribution is -0.385. The van der Waals surface area contributed by atoms with Crippen molar-refractivity contribution in [1.29, 1.82) is 5.26 Å². The van der Waals surface area contributed by atoms with Gasteiger partial charge in [-0.15, -0.1) is 0 Å². The first-order valence-electron chi connectivity index (χ1n) is 8.56. The summed E-state index contributed by atoms with van der Waals surface area (Å²) in [4.78, 5) is 22.8. The molecule has 146 valence electrons. The highest BCUT2D eigenvalue weighted by atomic mass is 16.6. The third kappa shape index (κ3) is 4.84. The monoisotopic (exact) mass is 383 g/mol. The summed E-state index contributed by atoms with van der Waals surface area (Å²) in [5, 5.41) is 20.4. The second-order valence-corrected chi connectivity index (χ2v) is 6.10. The molecular weight excluding hydrogens is 362 g/mol. The van der Waals surface area contributed by atoms with Crippen molar-refractivity contribution in [3.05, 3.63) is 68.5 Å². The second kappa shape index (κ2) is 9.48. The number of para-hydroxylation sites is 1. The molecule has 0 unspecified atom stereocenters. The summed E-state index contributed by atoms with van der Waals surface area (Å²) in [6.07, 6.45) is 1.47. The summed E-state index contributed by atoms with van der Waals surface area (Å²) in [6.45, 7) is 4.73. The van der Waals surface area contributed by atoms with E-state index in [1.807, 2.05) is 30.6 Å². The van der Waals surface area contributed by atoms with Crippen LogP contribution in [0.3, 0.4) is 0 Å². The maximum atomic E-state index is 12.3. The number of aryl methyl sites for hydroxylation is 1. The Bertz CT molecular complexity index is 953. The van der Waals surface area contributed by atoms with Gasteiger partial charge in [0.05, 0.1) is 17.1 Å². The van der Waals surface area contributed by atoms with Gasteiger partial charge >= 0.3 is 5.97 Å². The van der Waals surface area contributed by atoms with Crippen LogP contribution in [0, 0.1) is 35.3 Å². The largest absolute Gasteiger partial charge is 0.456 e. The molecule has 0 radical (unpaired) electrons. The highest BCUT2D eigenvalue weighted by molar-refractivity contribution is 5.98. The molecule has 1 heterocycles. The molecular formula is C20H21N3O5. The molecule has 1 aromatic heterocycles. The van der Waals surface area contributed by atoms with E-state index in [0.29, 0.717) is 13.2 Å². The van der Waals surface area contributed by atoms with E-state index in [4.69, 9.17) is 9.47 Å². The van der Waals surface area contributed by atoms with E-state index in [0.717, 1.165) is 17.0 Å². The number of benzene rings is 1. The molecule has 0 aliphatic carbocycles. The fraction of sp³-hybridized carbons (Fsp3) is 0.300. The molecule has 8 nitrogen and oxygen atoms in total. The zero-order valence-corrected chi connectivity index (χ0v) is 16.0. The first-order chi connectivity index (χ1) is 13.4. The van der Waals surface area contributed by atoms with Crippen LogP contribution in [0.4, 0.5) is 5.69 Å². The first-order valence-corrected chi connectivity index (χ1v) is 8.56. The van der Waals surface area contributed by atoms with Gasteiger partial charge in [0.2, 0.25) is 0 Å². The van der Waals surface area contributed by atoms with Gasteiger partial charge in [-0.05, 0) is 37.6 Å². The number of aromatic nitrogens is 1. The number of carbonyl (C=O) groups excluding carboxylic acids is 1. The Morgan fingerprint density at radius 2 is 2.07 bits per heavy atom.